The summed E-state index contributed by atoms with van der Waals surface area (Å²) in [5.41, 5.74) is 0.883. The summed E-state index contributed by atoms with van der Waals surface area (Å²) in [6.07, 6.45) is -0.452. The van der Waals surface area contributed by atoms with Gasteiger partial charge in [0.2, 0.25) is 0 Å². The molecule has 2 N–H and O–H groups in total. The molecule has 1 aromatic rings. The van der Waals surface area contributed by atoms with Crippen molar-refractivity contribution in [2.45, 2.75) is 6.10 Å². The lowest BCUT2D eigenvalue weighted by Gasteiger charge is -2.09. The SMILES string of the molecule is CNC[C@@H](O)c1ccc(Cl)cc1. The maximum absolute atomic E-state index is 9.51. The van der Waals surface area contributed by atoms with Gasteiger partial charge in [0.1, 0.15) is 0 Å². The molecule has 0 radical (unpaired) electrons. The Hall–Kier alpha value is -0.570. The summed E-state index contributed by atoms with van der Waals surface area (Å²) < 4.78 is 0. The minimum Gasteiger partial charge on any atom is -0.387 e. The highest BCUT2D eigenvalue weighted by molar-refractivity contribution is 6.30. The largest absolute Gasteiger partial charge is 0.387 e. The average molecular weight is 186 g/mol. The number of aliphatic hydroxyl groups excluding tert-OH is 1. The van der Waals surface area contributed by atoms with Crippen LogP contribution in [-0.4, -0.2) is 18.7 Å². The molecule has 0 spiro atoms. The van der Waals surface area contributed by atoms with E-state index in [9.17, 15) is 5.11 Å². The van der Waals surface area contributed by atoms with E-state index in [2.05, 4.69) is 5.32 Å². The highest BCUT2D eigenvalue weighted by Crippen LogP contribution is 2.15. The molecule has 0 aliphatic rings. The molecule has 0 aliphatic heterocycles. The lowest BCUT2D eigenvalue weighted by atomic mass is 10.1. The molecule has 1 aromatic carbocycles. The predicted octanol–water partition coefficient (Wildman–Crippen LogP) is 1.59. The quantitative estimate of drug-likeness (QED) is 0.750. The van der Waals surface area contributed by atoms with Gasteiger partial charge >= 0.3 is 0 Å². The van der Waals surface area contributed by atoms with Crippen LogP contribution in [0, 0.1) is 0 Å². The Kier molecular flexibility index (Phi) is 3.53. The van der Waals surface area contributed by atoms with Crippen molar-refractivity contribution in [1.82, 2.24) is 5.32 Å². The van der Waals surface area contributed by atoms with Crippen molar-refractivity contribution in [3.8, 4) is 0 Å². The zero-order chi connectivity index (χ0) is 8.97. The summed E-state index contributed by atoms with van der Waals surface area (Å²) >= 11 is 5.70. The first-order chi connectivity index (χ1) is 5.74. The minimum atomic E-state index is -0.452. The van der Waals surface area contributed by atoms with Gasteiger partial charge in [-0.05, 0) is 24.7 Å². The number of benzene rings is 1. The molecule has 0 heterocycles. The van der Waals surface area contributed by atoms with Crippen LogP contribution in [0.5, 0.6) is 0 Å². The highest BCUT2D eigenvalue weighted by Gasteiger charge is 2.04. The van der Waals surface area contributed by atoms with Crippen LogP contribution in [0.4, 0.5) is 0 Å². The van der Waals surface area contributed by atoms with Gasteiger partial charge < -0.3 is 10.4 Å². The number of hydrogen-bond acceptors (Lipinski definition) is 2. The molecule has 0 aromatic heterocycles. The summed E-state index contributed by atoms with van der Waals surface area (Å²) in [5.74, 6) is 0. The monoisotopic (exact) mass is 185 g/mol. The average Bonchev–Trinajstić information content (AvgIpc) is 2.06. The lowest BCUT2D eigenvalue weighted by Crippen LogP contribution is -2.16. The van der Waals surface area contributed by atoms with Gasteiger partial charge in [0.05, 0.1) is 6.10 Å². The highest BCUT2D eigenvalue weighted by atomic mass is 35.5. The zero-order valence-corrected chi connectivity index (χ0v) is 7.67. The molecule has 3 heteroatoms. The van der Waals surface area contributed by atoms with E-state index in [1.807, 2.05) is 12.1 Å². The fraction of sp³-hybridized carbons (Fsp3) is 0.333. The maximum Gasteiger partial charge on any atom is 0.0914 e. The molecule has 0 fully saturated rings. The van der Waals surface area contributed by atoms with E-state index < -0.39 is 6.10 Å². The van der Waals surface area contributed by atoms with Gasteiger partial charge in [-0.15, -0.1) is 0 Å². The molecule has 0 saturated carbocycles. The zero-order valence-electron chi connectivity index (χ0n) is 6.92. The van der Waals surface area contributed by atoms with Crippen molar-refractivity contribution in [3.63, 3.8) is 0 Å². The lowest BCUT2D eigenvalue weighted by molar-refractivity contribution is 0.178. The Morgan fingerprint density at radius 1 is 1.42 bits per heavy atom. The molecule has 0 saturated heterocycles. The second kappa shape index (κ2) is 4.45. The molecule has 0 amide bonds. The van der Waals surface area contributed by atoms with Crippen LogP contribution >= 0.6 is 11.6 Å². The first-order valence-corrected chi connectivity index (χ1v) is 4.20. The van der Waals surface area contributed by atoms with Crippen molar-refractivity contribution in [2.75, 3.05) is 13.6 Å². The molecule has 0 unspecified atom stereocenters. The second-order valence-corrected chi connectivity index (χ2v) is 3.06. The molecular weight excluding hydrogens is 174 g/mol. The molecule has 2 nitrogen and oxygen atoms in total. The standard InChI is InChI=1S/C9H12ClNO/c1-11-6-9(12)7-2-4-8(10)5-3-7/h2-5,9,11-12H,6H2,1H3/t9-/m1/s1. The summed E-state index contributed by atoms with van der Waals surface area (Å²) in [6, 6.07) is 7.19. The van der Waals surface area contributed by atoms with E-state index in [1.54, 1.807) is 19.2 Å². The van der Waals surface area contributed by atoms with Crippen LogP contribution in [-0.2, 0) is 0 Å². The van der Waals surface area contributed by atoms with Gasteiger partial charge in [-0.1, -0.05) is 23.7 Å². The van der Waals surface area contributed by atoms with Gasteiger partial charge in [0.25, 0.3) is 0 Å². The van der Waals surface area contributed by atoms with E-state index in [-0.39, 0.29) is 0 Å². The third-order valence-corrected chi connectivity index (χ3v) is 1.90. The first-order valence-electron chi connectivity index (χ1n) is 3.82. The van der Waals surface area contributed by atoms with Crippen molar-refractivity contribution < 1.29 is 5.11 Å². The number of rotatable bonds is 3. The van der Waals surface area contributed by atoms with Crippen LogP contribution in [0.2, 0.25) is 5.02 Å². The van der Waals surface area contributed by atoms with E-state index in [0.717, 1.165) is 5.56 Å². The fourth-order valence-corrected chi connectivity index (χ4v) is 1.12. The van der Waals surface area contributed by atoms with E-state index >= 15 is 0 Å². The Morgan fingerprint density at radius 3 is 2.50 bits per heavy atom. The van der Waals surface area contributed by atoms with Crippen LogP contribution in [0.15, 0.2) is 24.3 Å². The number of likely N-dealkylation sites (N-methyl/N-ethyl adjacent to an activating group) is 1. The Labute approximate surface area is 77.2 Å². The first kappa shape index (κ1) is 9.52. The molecular formula is C9H12ClNO. The topological polar surface area (TPSA) is 32.3 Å². The summed E-state index contributed by atoms with van der Waals surface area (Å²) in [4.78, 5) is 0. The van der Waals surface area contributed by atoms with Crippen LogP contribution in [0.1, 0.15) is 11.7 Å². The maximum atomic E-state index is 9.51. The second-order valence-electron chi connectivity index (χ2n) is 2.63. The van der Waals surface area contributed by atoms with Gasteiger partial charge in [-0.2, -0.15) is 0 Å². The molecule has 1 atom stereocenters. The van der Waals surface area contributed by atoms with Gasteiger partial charge in [-0.3, -0.25) is 0 Å². The number of hydrogen-bond donors (Lipinski definition) is 2. The smallest absolute Gasteiger partial charge is 0.0914 e. The van der Waals surface area contributed by atoms with E-state index in [4.69, 9.17) is 11.6 Å². The molecule has 66 valence electrons. The third-order valence-electron chi connectivity index (χ3n) is 1.65. The minimum absolute atomic E-state index is 0.452. The third kappa shape index (κ3) is 2.48. The van der Waals surface area contributed by atoms with Crippen molar-refractivity contribution >= 4 is 11.6 Å². The van der Waals surface area contributed by atoms with Crippen LogP contribution in [0.3, 0.4) is 0 Å². The summed E-state index contributed by atoms with van der Waals surface area (Å²) in [5, 5.41) is 13.1. The van der Waals surface area contributed by atoms with Crippen molar-refractivity contribution in [2.24, 2.45) is 0 Å². The van der Waals surface area contributed by atoms with Crippen molar-refractivity contribution in [1.29, 1.82) is 0 Å². The molecule has 0 aliphatic carbocycles. The molecule has 1 rings (SSSR count). The number of aliphatic hydroxyl groups is 1. The number of halogens is 1. The normalized spacial score (nSPS) is 12.9. The van der Waals surface area contributed by atoms with Crippen molar-refractivity contribution in [3.05, 3.63) is 34.9 Å². The summed E-state index contributed by atoms with van der Waals surface area (Å²) in [7, 11) is 1.80. The van der Waals surface area contributed by atoms with E-state index in [0.29, 0.717) is 11.6 Å². The van der Waals surface area contributed by atoms with E-state index in [1.165, 1.54) is 0 Å². The molecule has 0 bridgehead atoms. The Bertz CT molecular complexity index is 235. The number of nitrogens with one attached hydrogen (secondary N) is 1. The van der Waals surface area contributed by atoms with Gasteiger partial charge in [-0.25, -0.2) is 0 Å². The predicted molar refractivity (Wildman–Crippen MR) is 50.3 cm³/mol. The molecule has 12 heavy (non-hydrogen) atoms. The van der Waals surface area contributed by atoms with Crippen LogP contribution in [0.25, 0.3) is 0 Å². The Morgan fingerprint density at radius 2 is 2.00 bits per heavy atom. The fourth-order valence-electron chi connectivity index (χ4n) is 0.996. The van der Waals surface area contributed by atoms with Gasteiger partial charge in [0, 0.05) is 11.6 Å². The van der Waals surface area contributed by atoms with Gasteiger partial charge in [0.15, 0.2) is 0 Å². The summed E-state index contributed by atoms with van der Waals surface area (Å²) in [6.45, 7) is 0.557. The Balaban J connectivity index is 2.68. The van der Waals surface area contributed by atoms with Crippen LogP contribution < -0.4 is 5.32 Å².